The van der Waals surface area contributed by atoms with Gasteiger partial charge in [-0.05, 0) is 59.6 Å². The Hall–Kier alpha value is -3.29. The predicted molar refractivity (Wildman–Crippen MR) is 142 cm³/mol. The molecule has 1 aliphatic heterocycles. The molecule has 190 valence electrons. The van der Waals surface area contributed by atoms with Crippen molar-refractivity contribution in [2.75, 3.05) is 0 Å². The Morgan fingerprint density at radius 2 is 2.00 bits per heavy atom. The Labute approximate surface area is 212 Å². The van der Waals surface area contributed by atoms with E-state index in [0.29, 0.717) is 30.2 Å². The van der Waals surface area contributed by atoms with Crippen LogP contribution >= 0.6 is 0 Å². The van der Waals surface area contributed by atoms with E-state index < -0.39 is 0 Å². The van der Waals surface area contributed by atoms with E-state index in [1.807, 2.05) is 24.5 Å². The lowest BCUT2D eigenvalue weighted by Crippen LogP contribution is -2.44. The van der Waals surface area contributed by atoms with E-state index in [-0.39, 0.29) is 11.1 Å². The molecule has 2 aliphatic rings. The summed E-state index contributed by atoms with van der Waals surface area (Å²) in [6.07, 6.45) is 15.4. The van der Waals surface area contributed by atoms with Crippen LogP contribution in [0.2, 0.25) is 0 Å². The lowest BCUT2D eigenvalue weighted by atomic mass is 9.67. The summed E-state index contributed by atoms with van der Waals surface area (Å²) < 4.78 is 4.14. The van der Waals surface area contributed by atoms with E-state index in [2.05, 4.69) is 79.9 Å². The average Bonchev–Trinajstić information content (AvgIpc) is 3.53. The summed E-state index contributed by atoms with van der Waals surface area (Å²) in [5.74, 6) is 1.81. The maximum Gasteiger partial charge on any atom is 0.328 e. The molecule has 2 aromatic heterocycles. The van der Waals surface area contributed by atoms with Crippen molar-refractivity contribution in [2.24, 2.45) is 16.8 Å². The SMILES string of the molecule is CCCCc1cn(C2C(CC)CC2CC)c(=O)n1CC1(c2cccc(-c3nnn[nH]3)c2)C=CN=CC1. The molecular weight excluding hydrogens is 450 g/mol. The van der Waals surface area contributed by atoms with Crippen molar-refractivity contribution in [3.05, 3.63) is 64.5 Å². The average molecular weight is 488 g/mol. The van der Waals surface area contributed by atoms with Crippen LogP contribution in [0.25, 0.3) is 11.4 Å². The van der Waals surface area contributed by atoms with Crippen LogP contribution in [0.3, 0.4) is 0 Å². The van der Waals surface area contributed by atoms with E-state index in [9.17, 15) is 4.79 Å². The maximum atomic E-state index is 14.0. The first-order chi connectivity index (χ1) is 17.6. The number of benzene rings is 1. The van der Waals surface area contributed by atoms with Crippen molar-refractivity contribution in [3.63, 3.8) is 0 Å². The van der Waals surface area contributed by atoms with Gasteiger partial charge < -0.3 is 0 Å². The number of aliphatic imine (C=N–C) groups is 1. The summed E-state index contributed by atoms with van der Waals surface area (Å²) in [4.78, 5) is 18.4. The zero-order valence-corrected chi connectivity index (χ0v) is 21.6. The summed E-state index contributed by atoms with van der Waals surface area (Å²) >= 11 is 0. The molecular formula is C28H37N7O. The molecule has 0 amide bonds. The number of aromatic amines is 1. The Morgan fingerprint density at radius 3 is 2.67 bits per heavy atom. The molecule has 3 aromatic rings. The molecule has 3 heterocycles. The summed E-state index contributed by atoms with van der Waals surface area (Å²) in [5, 5.41) is 14.4. The lowest BCUT2D eigenvalue weighted by Gasteiger charge is -2.44. The first kappa shape index (κ1) is 24.4. The number of aryl methyl sites for hydroxylation is 1. The number of allylic oxidation sites excluding steroid dienone is 1. The van der Waals surface area contributed by atoms with Gasteiger partial charge in [0.15, 0.2) is 5.82 Å². The number of hydrogen-bond donors (Lipinski definition) is 1. The minimum Gasteiger partial charge on any atom is -0.295 e. The summed E-state index contributed by atoms with van der Waals surface area (Å²) in [7, 11) is 0. The zero-order valence-electron chi connectivity index (χ0n) is 21.6. The Balaban J connectivity index is 1.57. The van der Waals surface area contributed by atoms with Crippen molar-refractivity contribution in [1.82, 2.24) is 29.8 Å². The number of aromatic nitrogens is 6. The fourth-order valence-corrected chi connectivity index (χ4v) is 6.11. The van der Waals surface area contributed by atoms with Crippen LogP contribution in [0, 0.1) is 11.8 Å². The monoisotopic (exact) mass is 487 g/mol. The second-order valence-electron chi connectivity index (χ2n) is 10.4. The molecule has 0 saturated heterocycles. The molecule has 0 spiro atoms. The van der Waals surface area contributed by atoms with Gasteiger partial charge in [-0.2, -0.15) is 0 Å². The number of rotatable bonds is 10. The van der Waals surface area contributed by atoms with Crippen LogP contribution in [-0.2, 0) is 18.4 Å². The van der Waals surface area contributed by atoms with Crippen molar-refractivity contribution in [2.45, 2.75) is 83.7 Å². The Morgan fingerprint density at radius 1 is 1.17 bits per heavy atom. The number of nitrogens with zero attached hydrogens (tertiary/aromatic N) is 6. The highest BCUT2D eigenvalue weighted by Crippen LogP contribution is 2.47. The minimum atomic E-state index is -0.379. The van der Waals surface area contributed by atoms with Crippen LogP contribution in [0.15, 0.2) is 52.5 Å². The third-order valence-corrected chi connectivity index (χ3v) is 8.35. The fourth-order valence-electron chi connectivity index (χ4n) is 6.11. The van der Waals surface area contributed by atoms with E-state index in [1.54, 1.807) is 0 Å². The van der Waals surface area contributed by atoms with Gasteiger partial charge >= 0.3 is 5.69 Å². The molecule has 1 aliphatic carbocycles. The minimum absolute atomic E-state index is 0.133. The van der Waals surface area contributed by atoms with Crippen molar-refractivity contribution < 1.29 is 0 Å². The third-order valence-electron chi connectivity index (χ3n) is 8.35. The zero-order chi connectivity index (χ0) is 25.1. The van der Waals surface area contributed by atoms with Crippen LogP contribution < -0.4 is 5.69 Å². The van der Waals surface area contributed by atoms with Crippen molar-refractivity contribution in [3.8, 4) is 11.4 Å². The predicted octanol–water partition coefficient (Wildman–Crippen LogP) is 5.10. The van der Waals surface area contributed by atoms with Gasteiger partial charge in [-0.3, -0.25) is 14.1 Å². The number of hydrogen-bond acceptors (Lipinski definition) is 5. The largest absolute Gasteiger partial charge is 0.328 e. The molecule has 3 unspecified atom stereocenters. The highest BCUT2D eigenvalue weighted by atomic mass is 16.1. The van der Waals surface area contributed by atoms with E-state index in [1.165, 1.54) is 6.42 Å². The van der Waals surface area contributed by atoms with Gasteiger partial charge in [-0.1, -0.05) is 64.3 Å². The third kappa shape index (κ3) is 4.38. The second-order valence-corrected chi connectivity index (χ2v) is 10.4. The topological polar surface area (TPSA) is 93.7 Å². The second kappa shape index (κ2) is 10.4. The quantitative estimate of drug-likeness (QED) is 0.431. The number of imidazole rings is 1. The molecule has 8 nitrogen and oxygen atoms in total. The molecule has 0 radical (unpaired) electrons. The van der Waals surface area contributed by atoms with Crippen molar-refractivity contribution in [1.29, 1.82) is 0 Å². The highest BCUT2D eigenvalue weighted by Gasteiger charge is 2.41. The first-order valence-electron chi connectivity index (χ1n) is 13.4. The lowest BCUT2D eigenvalue weighted by molar-refractivity contribution is 0.0708. The first-order valence-corrected chi connectivity index (χ1v) is 13.4. The van der Waals surface area contributed by atoms with E-state index >= 15 is 0 Å². The maximum absolute atomic E-state index is 14.0. The van der Waals surface area contributed by atoms with E-state index in [4.69, 9.17) is 0 Å². The molecule has 5 rings (SSSR count). The number of tetrazole rings is 1. The summed E-state index contributed by atoms with van der Waals surface area (Å²) in [6, 6.07) is 8.62. The van der Waals surface area contributed by atoms with Crippen LogP contribution in [-0.4, -0.2) is 36.0 Å². The fraction of sp³-hybridized carbons (Fsp3) is 0.536. The van der Waals surface area contributed by atoms with Gasteiger partial charge in [0.2, 0.25) is 0 Å². The van der Waals surface area contributed by atoms with Crippen LogP contribution in [0.5, 0.6) is 0 Å². The smallest absolute Gasteiger partial charge is 0.295 e. The highest BCUT2D eigenvalue weighted by molar-refractivity contribution is 5.65. The molecule has 1 aromatic carbocycles. The molecule has 1 saturated carbocycles. The normalized spacial score (nSPS) is 25.2. The van der Waals surface area contributed by atoms with Crippen LogP contribution in [0.4, 0.5) is 0 Å². The molecule has 36 heavy (non-hydrogen) atoms. The summed E-state index contributed by atoms with van der Waals surface area (Å²) in [6.45, 7) is 7.29. The number of nitrogens with one attached hydrogen (secondary N) is 1. The standard InChI is InChI=1S/C28H37N7O/c1-4-7-11-24-18-34(25-20(5-2)16-21(25)6-3)27(36)35(24)19-28(12-14-29-15-13-28)23-10-8-9-22(17-23)26-30-32-33-31-26/h8-10,12,14-15,17-18,20-21,25H,4-7,11,13,16,19H2,1-3H3,(H,30,31,32,33). The molecule has 1 N–H and O–H groups in total. The van der Waals surface area contributed by atoms with Gasteiger partial charge in [-0.15, -0.1) is 5.10 Å². The Kier molecular flexibility index (Phi) is 7.03. The van der Waals surface area contributed by atoms with E-state index in [0.717, 1.165) is 55.3 Å². The number of unbranched alkanes of at least 4 members (excludes halogenated alkanes) is 1. The van der Waals surface area contributed by atoms with Crippen LogP contribution in [0.1, 0.15) is 76.6 Å². The number of H-pyrrole nitrogens is 1. The Bertz CT molecular complexity index is 1280. The molecule has 1 fully saturated rings. The molecule has 8 heteroatoms. The van der Waals surface area contributed by atoms with Gasteiger partial charge in [0.25, 0.3) is 0 Å². The van der Waals surface area contributed by atoms with Gasteiger partial charge in [0, 0.05) is 47.9 Å². The van der Waals surface area contributed by atoms with Gasteiger partial charge in [-0.25, -0.2) is 9.89 Å². The van der Waals surface area contributed by atoms with Crippen molar-refractivity contribution >= 4 is 6.21 Å². The van der Waals surface area contributed by atoms with Gasteiger partial charge in [0.1, 0.15) is 0 Å². The summed E-state index contributed by atoms with van der Waals surface area (Å²) in [5.41, 5.74) is 2.95. The molecule has 3 atom stereocenters. The van der Waals surface area contributed by atoms with Gasteiger partial charge in [0.05, 0.1) is 0 Å². The molecule has 0 bridgehead atoms.